The third-order valence-electron chi connectivity index (χ3n) is 7.09. The number of allylic oxidation sites excluding steroid dienone is 2. The Morgan fingerprint density at radius 2 is 2.11 bits per heavy atom. The Morgan fingerprint density at radius 1 is 1.32 bits per heavy atom. The van der Waals surface area contributed by atoms with Gasteiger partial charge in [-0.1, -0.05) is 13.0 Å². The van der Waals surface area contributed by atoms with E-state index in [0.29, 0.717) is 12.0 Å². The summed E-state index contributed by atoms with van der Waals surface area (Å²) in [5.74, 6) is 0.0416. The molecule has 0 radical (unpaired) electrons. The van der Waals surface area contributed by atoms with E-state index in [1.165, 1.54) is 0 Å². The first-order valence-electron chi connectivity index (χ1n) is 10.1. The molecule has 0 bridgehead atoms. The van der Waals surface area contributed by atoms with Crippen LogP contribution in [0.2, 0.25) is 0 Å². The van der Waals surface area contributed by atoms with Crippen LogP contribution in [-0.2, 0) is 14.2 Å². The Kier molecular flexibility index (Phi) is 5.31. The zero-order valence-corrected chi connectivity index (χ0v) is 16.3. The molecule has 156 valence electrons. The molecule has 7 nitrogen and oxygen atoms in total. The third-order valence-corrected chi connectivity index (χ3v) is 7.09. The van der Waals surface area contributed by atoms with Gasteiger partial charge in [0, 0.05) is 5.92 Å². The average molecular weight is 394 g/mol. The molecule has 0 aromatic heterocycles. The second-order valence-corrected chi connectivity index (χ2v) is 8.55. The molecular weight excluding hydrogens is 364 g/mol. The van der Waals surface area contributed by atoms with Gasteiger partial charge in [0.15, 0.2) is 0 Å². The molecule has 8 atom stereocenters. The number of aliphatic hydroxyl groups is 4. The van der Waals surface area contributed by atoms with E-state index in [4.69, 9.17) is 14.2 Å². The van der Waals surface area contributed by atoms with Crippen LogP contribution in [0.5, 0.6) is 0 Å². The molecule has 3 unspecified atom stereocenters. The van der Waals surface area contributed by atoms with Crippen LogP contribution in [0.15, 0.2) is 35.3 Å². The average Bonchev–Trinajstić information content (AvgIpc) is 2.90. The van der Waals surface area contributed by atoms with Gasteiger partial charge in [0.05, 0.1) is 37.1 Å². The monoisotopic (exact) mass is 394 g/mol. The smallest absolute Gasteiger partial charge is 0.220 e. The van der Waals surface area contributed by atoms with Crippen molar-refractivity contribution < 1.29 is 34.6 Å². The highest BCUT2D eigenvalue weighted by molar-refractivity contribution is 5.29. The summed E-state index contributed by atoms with van der Waals surface area (Å²) >= 11 is 0. The lowest BCUT2D eigenvalue weighted by atomic mass is 9.70. The summed E-state index contributed by atoms with van der Waals surface area (Å²) in [6.07, 6.45) is 4.69. The van der Waals surface area contributed by atoms with Crippen LogP contribution in [0, 0.1) is 23.2 Å². The third kappa shape index (κ3) is 2.92. The van der Waals surface area contributed by atoms with Crippen LogP contribution in [0.1, 0.15) is 33.1 Å². The van der Waals surface area contributed by atoms with E-state index in [1.807, 2.05) is 13.0 Å². The quantitative estimate of drug-likeness (QED) is 0.538. The van der Waals surface area contributed by atoms with E-state index in [9.17, 15) is 20.4 Å². The largest absolute Gasteiger partial charge is 0.507 e. The summed E-state index contributed by atoms with van der Waals surface area (Å²) in [5, 5.41) is 40.2. The van der Waals surface area contributed by atoms with Gasteiger partial charge in [0.1, 0.15) is 5.76 Å². The molecule has 4 aliphatic rings. The molecule has 0 aromatic rings. The maximum absolute atomic E-state index is 10.6. The van der Waals surface area contributed by atoms with Crippen molar-refractivity contribution in [2.24, 2.45) is 23.2 Å². The first-order valence-corrected chi connectivity index (χ1v) is 10.1. The number of fused-ring (bicyclic) bond motifs is 2. The number of ether oxygens (including phenoxy) is 3. The van der Waals surface area contributed by atoms with Crippen molar-refractivity contribution in [2.45, 2.75) is 57.9 Å². The second-order valence-electron chi connectivity index (χ2n) is 8.55. The van der Waals surface area contributed by atoms with Gasteiger partial charge in [-0.15, -0.1) is 0 Å². The van der Waals surface area contributed by atoms with E-state index in [2.05, 4.69) is 13.0 Å². The number of hydrogen-bond acceptors (Lipinski definition) is 7. The number of hydrogen-bond donors (Lipinski definition) is 4. The van der Waals surface area contributed by atoms with Crippen molar-refractivity contribution in [2.75, 3.05) is 13.2 Å². The first kappa shape index (κ1) is 19.9. The van der Waals surface area contributed by atoms with Crippen molar-refractivity contribution >= 4 is 0 Å². The maximum atomic E-state index is 10.6. The molecule has 0 aromatic carbocycles. The highest BCUT2D eigenvalue weighted by Crippen LogP contribution is 2.53. The molecule has 7 heteroatoms. The van der Waals surface area contributed by atoms with Crippen molar-refractivity contribution in [1.29, 1.82) is 0 Å². The van der Waals surface area contributed by atoms with E-state index in [-0.39, 0.29) is 30.8 Å². The summed E-state index contributed by atoms with van der Waals surface area (Å²) in [6, 6.07) is 0. The Morgan fingerprint density at radius 3 is 2.79 bits per heavy atom. The van der Waals surface area contributed by atoms with Gasteiger partial charge >= 0.3 is 0 Å². The molecule has 4 rings (SSSR count). The Hall–Kier alpha value is -1.38. The van der Waals surface area contributed by atoms with E-state index >= 15 is 0 Å². The minimum Gasteiger partial charge on any atom is -0.507 e. The lowest BCUT2D eigenvalue weighted by Crippen LogP contribution is -2.54. The van der Waals surface area contributed by atoms with Gasteiger partial charge in [-0.2, -0.15) is 0 Å². The molecular formula is C21H30O7. The van der Waals surface area contributed by atoms with Gasteiger partial charge in [0.2, 0.25) is 12.6 Å². The second kappa shape index (κ2) is 7.46. The minimum atomic E-state index is -1.08. The normalized spacial score (nSPS) is 45.3. The summed E-state index contributed by atoms with van der Waals surface area (Å²) < 4.78 is 17.9. The zero-order chi connectivity index (χ0) is 20.1. The van der Waals surface area contributed by atoms with Crippen molar-refractivity contribution in [3.05, 3.63) is 35.3 Å². The lowest BCUT2D eigenvalue weighted by Gasteiger charge is -2.48. The molecule has 28 heavy (non-hydrogen) atoms. The van der Waals surface area contributed by atoms with Crippen molar-refractivity contribution in [3.63, 3.8) is 0 Å². The Bertz CT molecular complexity index is 699. The fraction of sp³-hybridized carbons (Fsp3) is 0.714. The fourth-order valence-corrected chi connectivity index (χ4v) is 5.43. The van der Waals surface area contributed by atoms with Crippen LogP contribution in [0.4, 0.5) is 0 Å². The standard InChI is InChI=1S/C21H30O7/c1-11-7-12(9-22)21(2)14(11)5-3-4-6-26-20(21)28-19-18(25)13-8-15(24)17(13)16(10-23)27-19/h4,6-7,11,14-17,19-20,22-25H,3,5,8-10H2,1-2H3/t11-,14-,15?,16?,17?,19+,20+,21-/m1/s1. The Balaban J connectivity index is 1.63. The predicted molar refractivity (Wildman–Crippen MR) is 99.8 cm³/mol. The lowest BCUT2D eigenvalue weighted by molar-refractivity contribution is -0.291. The number of aliphatic hydroxyl groups excluding tert-OH is 4. The molecule has 2 aliphatic heterocycles. The number of rotatable bonds is 4. The van der Waals surface area contributed by atoms with E-state index < -0.39 is 36.1 Å². The van der Waals surface area contributed by atoms with Gasteiger partial charge in [-0.05, 0) is 55.2 Å². The van der Waals surface area contributed by atoms with E-state index in [0.717, 1.165) is 18.4 Å². The van der Waals surface area contributed by atoms with Crippen LogP contribution >= 0.6 is 0 Å². The highest BCUT2D eigenvalue weighted by atomic mass is 16.8. The summed E-state index contributed by atoms with van der Waals surface area (Å²) in [5.41, 5.74) is 0.963. The fourth-order valence-electron chi connectivity index (χ4n) is 5.43. The SMILES string of the molecule is C[C@@H]1C=C(CO)[C@@]2(C)[C@H](O[C@@H]3OC(CO)C4C(=C3O)CC4O)OC=CCC[C@H]12. The van der Waals surface area contributed by atoms with Gasteiger partial charge in [-0.3, -0.25) is 0 Å². The van der Waals surface area contributed by atoms with Crippen LogP contribution in [0.3, 0.4) is 0 Å². The first-order chi connectivity index (χ1) is 13.4. The van der Waals surface area contributed by atoms with Crippen LogP contribution < -0.4 is 0 Å². The summed E-state index contributed by atoms with van der Waals surface area (Å²) in [6.45, 7) is 3.80. The molecule has 2 aliphatic carbocycles. The van der Waals surface area contributed by atoms with Gasteiger partial charge in [0.25, 0.3) is 0 Å². The van der Waals surface area contributed by atoms with Crippen molar-refractivity contribution in [1.82, 2.24) is 0 Å². The van der Waals surface area contributed by atoms with Crippen LogP contribution in [-0.4, -0.2) is 58.4 Å². The van der Waals surface area contributed by atoms with Crippen LogP contribution in [0.25, 0.3) is 0 Å². The maximum Gasteiger partial charge on any atom is 0.220 e. The van der Waals surface area contributed by atoms with E-state index in [1.54, 1.807) is 6.26 Å². The molecule has 4 N–H and O–H groups in total. The van der Waals surface area contributed by atoms with Gasteiger partial charge < -0.3 is 34.6 Å². The topological polar surface area (TPSA) is 109 Å². The molecule has 0 spiro atoms. The predicted octanol–water partition coefficient (Wildman–Crippen LogP) is 1.75. The minimum absolute atomic E-state index is 0.0460. The van der Waals surface area contributed by atoms with Crippen molar-refractivity contribution in [3.8, 4) is 0 Å². The Labute approximate surface area is 164 Å². The highest BCUT2D eigenvalue weighted by Gasteiger charge is 2.54. The summed E-state index contributed by atoms with van der Waals surface area (Å²) in [4.78, 5) is 0. The zero-order valence-electron chi connectivity index (χ0n) is 16.3. The molecule has 1 saturated carbocycles. The van der Waals surface area contributed by atoms with Gasteiger partial charge in [-0.25, -0.2) is 0 Å². The molecule has 2 heterocycles. The summed E-state index contributed by atoms with van der Waals surface area (Å²) in [7, 11) is 0. The molecule has 0 amide bonds. The molecule has 0 saturated heterocycles. The molecule has 1 fully saturated rings.